The van der Waals surface area contributed by atoms with Crippen molar-refractivity contribution in [3.8, 4) is 0 Å². The van der Waals surface area contributed by atoms with Crippen molar-refractivity contribution >= 4 is 5.97 Å². The van der Waals surface area contributed by atoms with Crippen molar-refractivity contribution in [1.82, 2.24) is 5.32 Å². The Labute approximate surface area is 95.0 Å². The number of carbonyl (C=O) groups excluding carboxylic acids is 1. The summed E-state index contributed by atoms with van der Waals surface area (Å²) in [6.45, 7) is 1.98. The van der Waals surface area contributed by atoms with Crippen LogP contribution < -0.4 is 5.32 Å². The number of esters is 1. The summed E-state index contributed by atoms with van der Waals surface area (Å²) in [5.74, 6) is 1.08. The number of carbonyl (C=O) groups is 1. The summed E-state index contributed by atoms with van der Waals surface area (Å²) in [6.07, 6.45) is 3.83. The highest BCUT2D eigenvalue weighted by Crippen LogP contribution is 2.34. The molecule has 0 aromatic carbocycles. The Hall–Kier alpha value is -1.29. The highest BCUT2D eigenvalue weighted by Gasteiger charge is 2.37. The van der Waals surface area contributed by atoms with Crippen LogP contribution in [0.25, 0.3) is 0 Å². The van der Waals surface area contributed by atoms with Crippen LogP contribution in [0.1, 0.15) is 31.6 Å². The fourth-order valence-corrected chi connectivity index (χ4v) is 1.84. The number of nitrogens with one attached hydrogen (secondary N) is 1. The van der Waals surface area contributed by atoms with Gasteiger partial charge in [0, 0.05) is 0 Å². The highest BCUT2D eigenvalue weighted by atomic mass is 16.5. The lowest BCUT2D eigenvalue weighted by Crippen LogP contribution is -2.40. The molecule has 2 atom stereocenters. The van der Waals surface area contributed by atoms with Gasteiger partial charge < -0.3 is 9.15 Å². The zero-order valence-corrected chi connectivity index (χ0v) is 9.60. The van der Waals surface area contributed by atoms with Crippen LogP contribution in [-0.2, 0) is 9.53 Å². The largest absolute Gasteiger partial charge is 0.468 e. The average molecular weight is 223 g/mol. The van der Waals surface area contributed by atoms with E-state index in [0.717, 1.165) is 18.6 Å². The first-order chi connectivity index (χ1) is 7.72. The molecular weight excluding hydrogens is 206 g/mol. The van der Waals surface area contributed by atoms with E-state index in [1.54, 1.807) is 6.26 Å². The molecule has 1 aliphatic rings. The summed E-state index contributed by atoms with van der Waals surface area (Å²) in [6, 6.07) is 3.57. The summed E-state index contributed by atoms with van der Waals surface area (Å²) >= 11 is 0. The lowest BCUT2D eigenvalue weighted by Gasteiger charge is -2.19. The van der Waals surface area contributed by atoms with Crippen molar-refractivity contribution < 1.29 is 13.9 Å². The summed E-state index contributed by atoms with van der Waals surface area (Å²) in [4.78, 5) is 11.6. The first kappa shape index (κ1) is 11.2. The summed E-state index contributed by atoms with van der Waals surface area (Å²) in [7, 11) is 1.43. The molecule has 2 rings (SSSR count). The second-order valence-corrected chi connectivity index (χ2v) is 4.24. The zero-order chi connectivity index (χ0) is 11.5. The second-order valence-electron chi connectivity index (χ2n) is 4.24. The van der Waals surface area contributed by atoms with Crippen molar-refractivity contribution in [2.24, 2.45) is 5.92 Å². The molecule has 0 radical (unpaired) electrons. The Balaban J connectivity index is 1.97. The Morgan fingerprint density at radius 3 is 2.88 bits per heavy atom. The van der Waals surface area contributed by atoms with Crippen LogP contribution in [-0.4, -0.2) is 19.1 Å². The lowest BCUT2D eigenvalue weighted by atomic mass is 10.1. The molecule has 0 amide bonds. The molecular formula is C12H17NO3. The van der Waals surface area contributed by atoms with Crippen LogP contribution in [0.4, 0.5) is 0 Å². The van der Waals surface area contributed by atoms with Gasteiger partial charge in [-0.1, -0.05) is 0 Å². The molecule has 1 heterocycles. The quantitative estimate of drug-likeness (QED) is 0.774. The molecule has 1 fully saturated rings. The molecule has 1 aromatic rings. The van der Waals surface area contributed by atoms with Crippen molar-refractivity contribution in [2.45, 2.75) is 31.8 Å². The van der Waals surface area contributed by atoms with E-state index < -0.39 is 0 Å². The SMILES string of the molecule is COC(=O)C(N[C@H](C)c1ccco1)C1CC1. The molecule has 88 valence electrons. The molecule has 0 saturated heterocycles. The molecule has 1 aliphatic carbocycles. The first-order valence-electron chi connectivity index (χ1n) is 5.59. The van der Waals surface area contributed by atoms with Gasteiger partial charge in [0.15, 0.2) is 0 Å². The standard InChI is InChI=1S/C12H17NO3/c1-8(10-4-3-7-16-10)13-11(9-5-6-9)12(14)15-2/h3-4,7-9,11,13H,5-6H2,1-2H3/t8-,11?/m1/s1. The smallest absolute Gasteiger partial charge is 0.323 e. The van der Waals surface area contributed by atoms with E-state index >= 15 is 0 Å². The van der Waals surface area contributed by atoms with Crippen molar-refractivity contribution in [3.63, 3.8) is 0 Å². The van der Waals surface area contributed by atoms with Crippen LogP contribution >= 0.6 is 0 Å². The monoisotopic (exact) mass is 223 g/mol. The van der Waals surface area contributed by atoms with E-state index in [2.05, 4.69) is 5.32 Å². The highest BCUT2D eigenvalue weighted by molar-refractivity contribution is 5.76. The first-order valence-corrected chi connectivity index (χ1v) is 5.59. The number of methoxy groups -OCH3 is 1. The number of rotatable bonds is 5. The topological polar surface area (TPSA) is 51.5 Å². The van der Waals surface area contributed by atoms with Gasteiger partial charge in [0.2, 0.25) is 0 Å². The lowest BCUT2D eigenvalue weighted by molar-refractivity contribution is -0.144. The fraction of sp³-hybridized carbons (Fsp3) is 0.583. The van der Waals surface area contributed by atoms with Crippen LogP contribution in [0, 0.1) is 5.92 Å². The van der Waals surface area contributed by atoms with Gasteiger partial charge in [0.1, 0.15) is 11.8 Å². The second kappa shape index (κ2) is 4.70. The molecule has 4 nitrogen and oxygen atoms in total. The number of hydrogen-bond acceptors (Lipinski definition) is 4. The number of ether oxygens (including phenoxy) is 1. The maximum Gasteiger partial charge on any atom is 0.323 e. The predicted molar refractivity (Wildman–Crippen MR) is 58.8 cm³/mol. The summed E-state index contributed by atoms with van der Waals surface area (Å²) < 4.78 is 10.1. The Kier molecular flexibility index (Phi) is 3.29. The van der Waals surface area contributed by atoms with Gasteiger partial charge in [0.05, 0.1) is 19.4 Å². The maximum atomic E-state index is 11.6. The van der Waals surface area contributed by atoms with Gasteiger partial charge in [0.25, 0.3) is 0 Å². The van der Waals surface area contributed by atoms with Gasteiger partial charge in [-0.05, 0) is 37.8 Å². The third kappa shape index (κ3) is 2.44. The summed E-state index contributed by atoms with van der Waals surface area (Å²) in [5.41, 5.74) is 0. The molecule has 0 spiro atoms. The average Bonchev–Trinajstić information content (AvgIpc) is 2.98. The van der Waals surface area contributed by atoms with Crippen LogP contribution in [0.3, 0.4) is 0 Å². The Morgan fingerprint density at radius 1 is 1.62 bits per heavy atom. The van der Waals surface area contributed by atoms with Crippen LogP contribution in [0.15, 0.2) is 22.8 Å². The molecule has 0 bridgehead atoms. The van der Waals surface area contributed by atoms with E-state index in [1.807, 2.05) is 19.1 Å². The van der Waals surface area contributed by atoms with Gasteiger partial charge in [-0.2, -0.15) is 0 Å². The van der Waals surface area contributed by atoms with Crippen molar-refractivity contribution in [2.75, 3.05) is 7.11 Å². The molecule has 1 aromatic heterocycles. The third-order valence-corrected chi connectivity index (χ3v) is 2.95. The number of hydrogen-bond donors (Lipinski definition) is 1. The van der Waals surface area contributed by atoms with E-state index in [0.29, 0.717) is 5.92 Å². The molecule has 0 aliphatic heterocycles. The molecule has 1 saturated carbocycles. The van der Waals surface area contributed by atoms with Crippen LogP contribution in [0.2, 0.25) is 0 Å². The van der Waals surface area contributed by atoms with Gasteiger partial charge in [-0.3, -0.25) is 10.1 Å². The zero-order valence-electron chi connectivity index (χ0n) is 9.60. The Morgan fingerprint density at radius 2 is 2.38 bits per heavy atom. The van der Waals surface area contributed by atoms with Crippen LogP contribution in [0.5, 0.6) is 0 Å². The van der Waals surface area contributed by atoms with Gasteiger partial charge in [-0.15, -0.1) is 0 Å². The molecule has 4 heteroatoms. The number of furan rings is 1. The van der Waals surface area contributed by atoms with E-state index in [4.69, 9.17) is 9.15 Å². The normalized spacial score (nSPS) is 19.1. The van der Waals surface area contributed by atoms with E-state index in [9.17, 15) is 4.79 Å². The third-order valence-electron chi connectivity index (χ3n) is 2.95. The maximum absolute atomic E-state index is 11.6. The Bertz CT molecular complexity index is 343. The summed E-state index contributed by atoms with van der Waals surface area (Å²) in [5, 5.41) is 3.26. The van der Waals surface area contributed by atoms with E-state index in [-0.39, 0.29) is 18.1 Å². The fourth-order valence-electron chi connectivity index (χ4n) is 1.84. The minimum Gasteiger partial charge on any atom is -0.468 e. The molecule has 1 N–H and O–H groups in total. The van der Waals surface area contributed by atoms with Gasteiger partial charge in [-0.25, -0.2) is 0 Å². The predicted octanol–water partition coefficient (Wildman–Crippen LogP) is 1.88. The van der Waals surface area contributed by atoms with Gasteiger partial charge >= 0.3 is 5.97 Å². The molecule has 16 heavy (non-hydrogen) atoms. The van der Waals surface area contributed by atoms with Crippen molar-refractivity contribution in [3.05, 3.63) is 24.2 Å². The minimum absolute atomic E-state index is 0.0275. The minimum atomic E-state index is -0.204. The molecule has 1 unspecified atom stereocenters. The van der Waals surface area contributed by atoms with Crippen molar-refractivity contribution in [1.29, 1.82) is 0 Å². The van der Waals surface area contributed by atoms with E-state index in [1.165, 1.54) is 7.11 Å².